The Hall–Kier alpha value is -3.55. The monoisotopic (exact) mass is 808 g/mol. The van der Waals surface area contributed by atoms with Gasteiger partial charge in [0.1, 0.15) is 0 Å². The summed E-state index contributed by atoms with van der Waals surface area (Å²) in [6, 6.07) is 8.61. The molecule has 1 fully saturated rings. The highest BCUT2D eigenvalue weighted by Gasteiger charge is 2.45. The number of hydrogen-bond donors (Lipinski definition) is 1. The average Bonchev–Trinajstić information content (AvgIpc) is 3.24. The van der Waals surface area contributed by atoms with Crippen molar-refractivity contribution in [3.05, 3.63) is 58.4 Å². The quantitative estimate of drug-likeness (QED) is 0.152. The minimum Gasteiger partial charge on any atom is -0.493 e. The van der Waals surface area contributed by atoms with Gasteiger partial charge in [-0.15, -0.1) is 0 Å². The van der Waals surface area contributed by atoms with Gasteiger partial charge in [0.05, 0.1) is 60.9 Å². The van der Waals surface area contributed by atoms with Crippen LogP contribution in [0.2, 0.25) is 0 Å². The van der Waals surface area contributed by atoms with E-state index in [1.54, 1.807) is 28.4 Å². The third-order valence-corrected chi connectivity index (χ3v) is 13.0. The zero-order chi connectivity index (χ0) is 41.3. The van der Waals surface area contributed by atoms with Crippen LogP contribution in [0.25, 0.3) is 0 Å². The van der Waals surface area contributed by atoms with Crippen LogP contribution in [-0.2, 0) is 36.6 Å². The van der Waals surface area contributed by atoms with Gasteiger partial charge in [0.15, 0.2) is 28.8 Å². The minimum atomic E-state index is -0.578. The summed E-state index contributed by atoms with van der Waals surface area (Å²) in [5.41, 5.74) is 4.95. The van der Waals surface area contributed by atoms with E-state index >= 15 is 4.79 Å². The summed E-state index contributed by atoms with van der Waals surface area (Å²) in [6.07, 6.45) is 6.75. The topological polar surface area (TPSA) is 118 Å². The molecule has 2 aromatic carbocycles. The summed E-state index contributed by atoms with van der Waals surface area (Å²) < 4.78 is 47.2. The average molecular weight is 809 g/mol. The van der Waals surface area contributed by atoms with Crippen molar-refractivity contribution in [3.63, 3.8) is 0 Å². The van der Waals surface area contributed by atoms with E-state index in [4.69, 9.17) is 43.0 Å². The van der Waals surface area contributed by atoms with E-state index < -0.39 is 6.29 Å². The molecule has 0 unspecified atom stereocenters. The molecule has 0 aliphatic carbocycles. The number of hydrogen-bond acceptors (Lipinski definition) is 11. The van der Waals surface area contributed by atoms with E-state index in [9.17, 15) is 0 Å². The molecule has 2 aromatic rings. The van der Waals surface area contributed by atoms with Crippen LogP contribution in [0, 0.1) is 29.6 Å². The van der Waals surface area contributed by atoms with Crippen molar-refractivity contribution in [1.29, 1.82) is 0 Å². The molecule has 12 heteroatoms. The number of methoxy groups -OCH3 is 4. The summed E-state index contributed by atoms with van der Waals surface area (Å²) in [5, 5.41) is 8.99. The molecule has 7 atom stereocenters. The SMILES string of the molecule is CCO[C@H]1OC(C(=O)N2CCc3cc(OC)c(OC)cc3[C@H]2C[C@H]2C[C@H]3c4cc(OC)c(OC)cc4CCN3C[C@@H]2CC)=C[C@@H](C(C)C)[C@H]1CCOCCOCCO. The maximum Gasteiger partial charge on any atom is 0.289 e. The molecule has 0 spiro atoms. The van der Waals surface area contributed by atoms with Gasteiger partial charge in [-0.3, -0.25) is 9.69 Å². The van der Waals surface area contributed by atoms with Gasteiger partial charge in [-0.2, -0.15) is 0 Å². The van der Waals surface area contributed by atoms with Crippen molar-refractivity contribution >= 4 is 5.91 Å². The molecule has 4 heterocycles. The molecule has 1 amide bonds. The first-order chi connectivity index (χ1) is 28.2. The number of aliphatic hydroxyl groups excluding tert-OH is 1. The summed E-state index contributed by atoms with van der Waals surface area (Å²) >= 11 is 0. The van der Waals surface area contributed by atoms with Gasteiger partial charge in [0, 0.05) is 44.8 Å². The Balaban J connectivity index is 1.31. The van der Waals surface area contributed by atoms with Gasteiger partial charge in [-0.1, -0.05) is 27.2 Å². The molecule has 322 valence electrons. The van der Waals surface area contributed by atoms with Crippen molar-refractivity contribution in [2.24, 2.45) is 29.6 Å². The second-order valence-corrected chi connectivity index (χ2v) is 16.4. The van der Waals surface area contributed by atoms with Crippen LogP contribution in [-0.4, -0.2) is 115 Å². The Bertz CT molecular complexity index is 1700. The predicted octanol–water partition coefficient (Wildman–Crippen LogP) is 6.76. The standard InChI is InChI=1S/C46H68N2O10/c1-9-30-28-47-14-11-31-23-40(51-5)42(53-7)26-36(31)38(47)21-33(30)22-39-37-27-43(54-8)41(52-6)24-32(37)12-15-48(39)45(50)44-25-35(29(3)4)34(46(58-44)57-10-2)13-17-55-19-20-56-18-16-49/h23-27,29-30,33-35,38-39,46,49H,9-22,28H2,1-8H3/t30-,33+,34+,35-,38-,39+,46-/m0/s1. The fourth-order valence-corrected chi connectivity index (χ4v) is 10.0. The van der Waals surface area contributed by atoms with E-state index in [-0.39, 0.29) is 42.4 Å². The highest BCUT2D eigenvalue weighted by Crippen LogP contribution is 2.50. The van der Waals surface area contributed by atoms with Crippen LogP contribution >= 0.6 is 0 Å². The van der Waals surface area contributed by atoms with E-state index in [1.165, 1.54) is 16.7 Å². The van der Waals surface area contributed by atoms with Gasteiger partial charge in [-0.05, 0) is 115 Å². The minimum absolute atomic E-state index is 0.00701. The molecule has 0 bridgehead atoms. The fourth-order valence-electron chi connectivity index (χ4n) is 10.0. The second-order valence-electron chi connectivity index (χ2n) is 16.4. The normalized spacial score (nSPS) is 25.6. The van der Waals surface area contributed by atoms with E-state index in [2.05, 4.69) is 60.9 Å². The molecular formula is C46H68N2O10. The van der Waals surface area contributed by atoms with Gasteiger partial charge >= 0.3 is 0 Å². The Labute approximate surface area is 346 Å². The molecule has 1 N–H and O–H groups in total. The molecule has 0 saturated carbocycles. The lowest BCUT2D eigenvalue weighted by Crippen LogP contribution is -2.48. The maximum absolute atomic E-state index is 15.1. The van der Waals surface area contributed by atoms with E-state index in [0.717, 1.165) is 55.8 Å². The predicted molar refractivity (Wildman–Crippen MR) is 222 cm³/mol. The largest absolute Gasteiger partial charge is 0.493 e. The van der Waals surface area contributed by atoms with Crippen LogP contribution in [0.5, 0.6) is 23.0 Å². The highest BCUT2D eigenvalue weighted by atomic mass is 16.7. The lowest BCUT2D eigenvalue weighted by molar-refractivity contribution is -0.181. The van der Waals surface area contributed by atoms with Crippen LogP contribution in [0.1, 0.15) is 87.7 Å². The first kappa shape index (κ1) is 44.0. The molecule has 4 aliphatic rings. The molecule has 6 rings (SSSR count). The number of ether oxygens (including phenoxy) is 8. The number of carbonyl (C=O) groups excluding carboxylic acids is 1. The summed E-state index contributed by atoms with van der Waals surface area (Å²) in [5.74, 6) is 4.31. The van der Waals surface area contributed by atoms with Gasteiger partial charge < -0.3 is 47.9 Å². The Morgan fingerprint density at radius 2 is 1.45 bits per heavy atom. The molecule has 12 nitrogen and oxygen atoms in total. The third-order valence-electron chi connectivity index (χ3n) is 13.0. The van der Waals surface area contributed by atoms with Crippen LogP contribution < -0.4 is 18.9 Å². The van der Waals surface area contributed by atoms with Gasteiger partial charge in [0.25, 0.3) is 5.91 Å². The number of fused-ring (bicyclic) bond motifs is 4. The second kappa shape index (κ2) is 20.6. The Morgan fingerprint density at radius 3 is 2.07 bits per heavy atom. The lowest BCUT2D eigenvalue weighted by Gasteiger charge is -2.49. The van der Waals surface area contributed by atoms with Crippen LogP contribution in [0.4, 0.5) is 0 Å². The molecule has 4 aliphatic heterocycles. The lowest BCUT2D eigenvalue weighted by atomic mass is 9.72. The number of carbonyl (C=O) groups is 1. The zero-order valence-corrected chi connectivity index (χ0v) is 36.1. The smallest absolute Gasteiger partial charge is 0.289 e. The number of rotatable bonds is 19. The van der Waals surface area contributed by atoms with Crippen molar-refractivity contribution in [2.75, 3.05) is 87.7 Å². The van der Waals surface area contributed by atoms with Crippen molar-refractivity contribution in [1.82, 2.24) is 9.80 Å². The Kier molecular flexibility index (Phi) is 15.6. The first-order valence-electron chi connectivity index (χ1n) is 21.5. The molecule has 58 heavy (non-hydrogen) atoms. The molecular weight excluding hydrogens is 741 g/mol. The summed E-state index contributed by atoms with van der Waals surface area (Å²) in [6.45, 7) is 13.4. The summed E-state index contributed by atoms with van der Waals surface area (Å²) in [4.78, 5) is 19.8. The number of aliphatic hydroxyl groups is 1. The number of piperidine rings is 1. The van der Waals surface area contributed by atoms with Gasteiger partial charge in [-0.25, -0.2) is 0 Å². The van der Waals surface area contributed by atoms with Crippen LogP contribution in [0.15, 0.2) is 36.1 Å². The van der Waals surface area contributed by atoms with Crippen molar-refractivity contribution < 1.29 is 47.8 Å². The molecule has 0 radical (unpaired) electrons. The number of nitrogens with zero attached hydrogens (tertiary/aromatic N) is 2. The molecule has 0 aromatic heterocycles. The van der Waals surface area contributed by atoms with Gasteiger partial charge in [0.2, 0.25) is 6.29 Å². The van der Waals surface area contributed by atoms with Crippen LogP contribution in [0.3, 0.4) is 0 Å². The summed E-state index contributed by atoms with van der Waals surface area (Å²) in [7, 11) is 6.75. The third kappa shape index (κ3) is 9.57. The van der Waals surface area contributed by atoms with E-state index in [0.29, 0.717) is 81.5 Å². The first-order valence-corrected chi connectivity index (χ1v) is 21.5. The van der Waals surface area contributed by atoms with Crippen molar-refractivity contribution in [3.8, 4) is 23.0 Å². The van der Waals surface area contributed by atoms with E-state index in [1.807, 2.05) is 6.92 Å². The number of benzene rings is 2. The zero-order valence-electron chi connectivity index (χ0n) is 36.1. The number of allylic oxidation sites excluding steroid dienone is 1. The number of amides is 1. The fraction of sp³-hybridized carbons (Fsp3) is 0.674. The maximum atomic E-state index is 15.1. The Morgan fingerprint density at radius 1 is 0.828 bits per heavy atom. The van der Waals surface area contributed by atoms with Crippen molar-refractivity contribution in [2.45, 2.75) is 84.6 Å². The highest BCUT2D eigenvalue weighted by molar-refractivity contribution is 5.92. The molecule has 1 saturated heterocycles.